The largest absolute Gasteiger partial charge is 0.497 e. The van der Waals surface area contributed by atoms with Gasteiger partial charge in [0, 0.05) is 13.0 Å². The molecule has 0 saturated carbocycles. The lowest BCUT2D eigenvalue weighted by atomic mass is 10.0. The molecule has 0 aliphatic carbocycles. The summed E-state index contributed by atoms with van der Waals surface area (Å²) in [6.45, 7) is 10.4. The Bertz CT molecular complexity index is 943. The maximum Gasteiger partial charge on any atom is 0.118 e. The van der Waals surface area contributed by atoms with Crippen molar-refractivity contribution in [2.45, 2.75) is 121 Å². The Labute approximate surface area is 243 Å². The van der Waals surface area contributed by atoms with E-state index >= 15 is 0 Å². The van der Waals surface area contributed by atoms with Crippen molar-refractivity contribution in [3.05, 3.63) is 65.7 Å². The van der Waals surface area contributed by atoms with Gasteiger partial charge in [0.25, 0.3) is 0 Å². The second-order valence-electron chi connectivity index (χ2n) is 11.3. The molecule has 1 fully saturated rings. The number of aliphatic hydroxyl groups excluding tert-OH is 2. The van der Waals surface area contributed by atoms with Crippen LogP contribution in [0, 0.1) is 0 Å². The maximum absolute atomic E-state index is 11.6. The lowest BCUT2D eigenvalue weighted by molar-refractivity contribution is -0.140. The van der Waals surface area contributed by atoms with E-state index in [1.807, 2.05) is 49.4 Å². The zero-order valence-corrected chi connectivity index (χ0v) is 26.3. The number of hydrogen-bond donors (Lipinski definition) is 2. The summed E-state index contributed by atoms with van der Waals surface area (Å²) in [6.07, 6.45) is 0.520. The fourth-order valence-electron chi connectivity index (χ4n) is 6.36. The molecule has 7 heteroatoms. The van der Waals surface area contributed by atoms with Crippen LogP contribution in [-0.2, 0) is 27.4 Å². The number of aliphatic hydroxyl groups is 2. The molecule has 6 atom stereocenters. The smallest absolute Gasteiger partial charge is 0.118 e. The fraction of sp³-hybridized carbons (Fsp3) is 0.636. The van der Waals surface area contributed by atoms with Crippen LogP contribution >= 0.6 is 0 Å². The van der Waals surface area contributed by atoms with Gasteiger partial charge in [-0.3, -0.25) is 0 Å². The quantitative estimate of drug-likeness (QED) is 0.171. The highest BCUT2D eigenvalue weighted by Crippen LogP contribution is 2.44. The Hall–Kier alpha value is -1.74. The van der Waals surface area contributed by atoms with Crippen molar-refractivity contribution in [2.24, 2.45) is 0 Å². The second kappa shape index (κ2) is 16.6. The van der Waals surface area contributed by atoms with Gasteiger partial charge >= 0.3 is 0 Å². The van der Waals surface area contributed by atoms with Crippen LogP contribution in [0.4, 0.5) is 0 Å². The van der Waals surface area contributed by atoms with E-state index in [0.29, 0.717) is 39.1 Å². The van der Waals surface area contributed by atoms with Gasteiger partial charge in [0.05, 0.1) is 58.9 Å². The monoisotopic (exact) mass is 572 g/mol. The van der Waals surface area contributed by atoms with Crippen LogP contribution in [0.5, 0.6) is 5.75 Å². The zero-order chi connectivity index (χ0) is 29.0. The third-order valence-electron chi connectivity index (χ3n) is 9.22. The molecular formula is C33H52O6Si. The lowest BCUT2D eigenvalue weighted by Gasteiger charge is -2.41. The molecule has 0 amide bonds. The molecule has 0 bridgehead atoms. The van der Waals surface area contributed by atoms with Gasteiger partial charge in [0.1, 0.15) is 5.75 Å². The highest BCUT2D eigenvalue weighted by atomic mass is 28.3. The predicted octanol–water partition coefficient (Wildman–Crippen LogP) is 6.75. The number of rotatable bonds is 16. The first-order chi connectivity index (χ1) is 19.4. The number of hydrogen-bond acceptors (Lipinski definition) is 6. The second-order valence-corrected chi connectivity index (χ2v) is 16.9. The number of benzene rings is 2. The van der Waals surface area contributed by atoms with Crippen LogP contribution in [-0.4, -0.2) is 62.5 Å². The third-order valence-corrected chi connectivity index (χ3v) is 15.6. The normalized spacial score (nSPS) is 23.4. The molecule has 224 valence electrons. The minimum absolute atomic E-state index is 0.198. The van der Waals surface area contributed by atoms with Crippen molar-refractivity contribution in [3.8, 4) is 5.75 Å². The Balaban J connectivity index is 1.83. The molecule has 1 saturated heterocycles. The van der Waals surface area contributed by atoms with Gasteiger partial charge in [-0.05, 0) is 48.1 Å². The summed E-state index contributed by atoms with van der Waals surface area (Å²) >= 11 is 0. The molecule has 0 unspecified atom stereocenters. The molecule has 1 aliphatic heterocycles. The maximum atomic E-state index is 11.6. The molecule has 0 aromatic heterocycles. The highest BCUT2D eigenvalue weighted by molar-refractivity contribution is 6.81. The van der Waals surface area contributed by atoms with E-state index in [1.165, 1.54) is 0 Å². The average molecular weight is 573 g/mol. The Kier molecular flexibility index (Phi) is 13.6. The van der Waals surface area contributed by atoms with E-state index in [2.05, 4.69) is 32.9 Å². The number of methoxy groups -OCH3 is 1. The van der Waals surface area contributed by atoms with Gasteiger partial charge in [0.15, 0.2) is 0 Å². The lowest BCUT2D eigenvalue weighted by Crippen LogP contribution is -2.45. The standard InChI is InChI=1S/C33H52O6Si/c1-6-28(34)31-21-29(35)33(40(7-2,8-3)9-4)22-32(39-31)30(19-20-37-23-25-13-11-10-12-14-25)38-24-26-15-17-27(36-5)18-16-26/h10-18,28-35H,6-9,19-24H2,1-5H3/t28-,29-,30+,31-,32+,33+/m1/s1. The first-order valence-electron chi connectivity index (χ1n) is 15.3. The molecular weight excluding hydrogens is 520 g/mol. The third kappa shape index (κ3) is 8.88. The summed E-state index contributed by atoms with van der Waals surface area (Å²) in [6, 6.07) is 21.5. The molecule has 0 radical (unpaired) electrons. The van der Waals surface area contributed by atoms with Crippen molar-refractivity contribution in [3.63, 3.8) is 0 Å². The molecule has 1 aliphatic rings. The van der Waals surface area contributed by atoms with Gasteiger partial charge in [-0.1, -0.05) is 88.3 Å². The summed E-state index contributed by atoms with van der Waals surface area (Å²) in [5.41, 5.74) is 2.40. The van der Waals surface area contributed by atoms with Crippen molar-refractivity contribution in [1.29, 1.82) is 0 Å². The summed E-state index contributed by atoms with van der Waals surface area (Å²) < 4.78 is 24.7. The summed E-state index contributed by atoms with van der Waals surface area (Å²) in [5, 5.41) is 22.4. The summed E-state index contributed by atoms with van der Waals surface area (Å²) in [7, 11) is -0.101. The van der Waals surface area contributed by atoms with E-state index < -0.39 is 26.4 Å². The molecule has 0 spiro atoms. The predicted molar refractivity (Wildman–Crippen MR) is 163 cm³/mol. The minimum Gasteiger partial charge on any atom is -0.497 e. The van der Waals surface area contributed by atoms with E-state index in [4.69, 9.17) is 18.9 Å². The summed E-state index contributed by atoms with van der Waals surface area (Å²) in [4.78, 5) is 0. The van der Waals surface area contributed by atoms with Crippen LogP contribution < -0.4 is 4.74 Å². The zero-order valence-electron chi connectivity index (χ0n) is 25.3. The van der Waals surface area contributed by atoms with Crippen molar-refractivity contribution < 1.29 is 29.2 Å². The Morgan fingerprint density at radius 1 is 0.875 bits per heavy atom. The molecule has 3 rings (SSSR count). The van der Waals surface area contributed by atoms with E-state index in [1.54, 1.807) is 7.11 Å². The Morgan fingerprint density at radius 2 is 1.52 bits per heavy atom. The number of ether oxygens (including phenoxy) is 4. The van der Waals surface area contributed by atoms with Gasteiger partial charge < -0.3 is 29.2 Å². The van der Waals surface area contributed by atoms with Crippen LogP contribution in [0.25, 0.3) is 0 Å². The topological polar surface area (TPSA) is 77.4 Å². The van der Waals surface area contributed by atoms with E-state index in [0.717, 1.165) is 41.4 Å². The molecule has 40 heavy (non-hydrogen) atoms. The average Bonchev–Trinajstić information content (AvgIpc) is 3.17. The van der Waals surface area contributed by atoms with Crippen LogP contribution in [0.3, 0.4) is 0 Å². The fourth-order valence-corrected chi connectivity index (χ4v) is 11.1. The molecule has 6 nitrogen and oxygen atoms in total. The molecule has 1 heterocycles. The van der Waals surface area contributed by atoms with Crippen LogP contribution in [0.1, 0.15) is 64.5 Å². The minimum atomic E-state index is -1.77. The SMILES string of the molecule is CC[C@@H](O)[C@H]1C[C@@H](O)[C@@H]([Si](CC)(CC)CC)C[C@@H]([C@H](CCOCc2ccccc2)OCc2ccc(OC)cc2)O1. The highest BCUT2D eigenvalue weighted by Gasteiger charge is 2.47. The van der Waals surface area contributed by atoms with E-state index in [-0.39, 0.29) is 17.7 Å². The molecule has 2 aromatic carbocycles. The van der Waals surface area contributed by atoms with Crippen molar-refractivity contribution >= 4 is 8.07 Å². The Morgan fingerprint density at radius 3 is 2.12 bits per heavy atom. The van der Waals surface area contributed by atoms with E-state index in [9.17, 15) is 10.2 Å². The first kappa shape index (κ1) is 32.8. The van der Waals surface area contributed by atoms with Gasteiger partial charge in [0.2, 0.25) is 0 Å². The van der Waals surface area contributed by atoms with Gasteiger partial charge in [-0.15, -0.1) is 0 Å². The van der Waals surface area contributed by atoms with Gasteiger partial charge in [-0.25, -0.2) is 0 Å². The van der Waals surface area contributed by atoms with Crippen molar-refractivity contribution in [2.75, 3.05) is 13.7 Å². The van der Waals surface area contributed by atoms with Crippen LogP contribution in [0.15, 0.2) is 54.6 Å². The first-order valence-corrected chi connectivity index (χ1v) is 18.0. The van der Waals surface area contributed by atoms with Crippen molar-refractivity contribution in [1.82, 2.24) is 0 Å². The van der Waals surface area contributed by atoms with Crippen LogP contribution in [0.2, 0.25) is 23.7 Å². The molecule has 2 aromatic rings. The molecule has 2 N–H and O–H groups in total. The van der Waals surface area contributed by atoms with Gasteiger partial charge in [-0.2, -0.15) is 0 Å². The summed E-state index contributed by atoms with van der Waals surface area (Å²) in [5.74, 6) is 0.815.